The number of aromatic nitrogens is 2. The molecule has 0 saturated carbocycles. The lowest BCUT2D eigenvalue weighted by molar-refractivity contribution is -0.135. The molecular weight excluding hydrogens is 332 g/mol. The van der Waals surface area contributed by atoms with Gasteiger partial charge in [-0.2, -0.15) is 5.10 Å². The summed E-state index contributed by atoms with van der Waals surface area (Å²) in [5.74, 6) is 0.134. The summed E-state index contributed by atoms with van der Waals surface area (Å²) in [4.78, 5) is 16.6. The van der Waals surface area contributed by atoms with Crippen LogP contribution in [0.4, 0.5) is 0 Å². The van der Waals surface area contributed by atoms with Crippen LogP contribution < -0.4 is 0 Å². The van der Waals surface area contributed by atoms with E-state index in [-0.39, 0.29) is 12.5 Å². The minimum atomic E-state index is 0.134. The maximum absolute atomic E-state index is 12.1. The molecule has 26 heavy (non-hydrogen) atoms. The van der Waals surface area contributed by atoms with Crippen molar-refractivity contribution < 1.29 is 14.3 Å². The molecule has 1 unspecified atom stereocenters. The normalized spacial score (nSPS) is 24.8. The summed E-state index contributed by atoms with van der Waals surface area (Å²) in [7, 11) is 0. The molecule has 1 atom stereocenters. The molecule has 2 fully saturated rings. The van der Waals surface area contributed by atoms with Crippen LogP contribution in [0.2, 0.25) is 0 Å². The monoisotopic (exact) mass is 362 g/mol. The zero-order chi connectivity index (χ0) is 17.8. The lowest BCUT2D eigenvalue weighted by atomic mass is 10.0. The average molecular weight is 362 g/mol. The van der Waals surface area contributed by atoms with Crippen LogP contribution in [0.25, 0.3) is 0 Å². The Labute approximate surface area is 155 Å². The second-order valence-corrected chi connectivity index (χ2v) is 7.62. The van der Waals surface area contributed by atoms with Gasteiger partial charge < -0.3 is 14.4 Å². The van der Waals surface area contributed by atoms with Crippen LogP contribution in [-0.2, 0) is 20.8 Å². The summed E-state index contributed by atoms with van der Waals surface area (Å²) in [6, 6.07) is 3.04. The van der Waals surface area contributed by atoms with Crippen molar-refractivity contribution in [2.45, 2.75) is 50.7 Å². The molecule has 0 spiro atoms. The molecule has 0 bridgehead atoms. The van der Waals surface area contributed by atoms with Gasteiger partial charge in [0.25, 0.3) is 0 Å². The summed E-state index contributed by atoms with van der Waals surface area (Å²) in [6.45, 7) is 6.30. The summed E-state index contributed by atoms with van der Waals surface area (Å²) in [6.07, 6.45) is 7.26. The molecule has 144 valence electrons. The van der Waals surface area contributed by atoms with Crippen molar-refractivity contribution in [3.05, 3.63) is 18.0 Å². The van der Waals surface area contributed by atoms with Crippen molar-refractivity contribution in [3.8, 4) is 0 Å². The molecule has 1 aromatic rings. The van der Waals surface area contributed by atoms with E-state index >= 15 is 0 Å². The zero-order valence-electron chi connectivity index (χ0n) is 15.5. The highest BCUT2D eigenvalue weighted by Gasteiger charge is 2.30. The number of fused-ring (bicyclic) bond motifs is 1. The van der Waals surface area contributed by atoms with Crippen molar-refractivity contribution >= 4 is 5.91 Å². The van der Waals surface area contributed by atoms with Crippen LogP contribution in [0.5, 0.6) is 0 Å². The Hall–Kier alpha value is -1.44. The number of ether oxygens (including phenoxy) is 2. The van der Waals surface area contributed by atoms with Gasteiger partial charge in [0.1, 0.15) is 6.61 Å². The Bertz CT molecular complexity index is 593. The molecule has 2 saturated heterocycles. The van der Waals surface area contributed by atoms with E-state index in [0.29, 0.717) is 18.7 Å². The van der Waals surface area contributed by atoms with Gasteiger partial charge in [-0.25, -0.2) is 0 Å². The molecular formula is C19H30N4O3. The lowest BCUT2D eigenvalue weighted by Crippen LogP contribution is -2.46. The standard InChI is InChI=1S/C19H30N4O3/c24-19(21-8-1-2-9-21)15-26-12-6-18-14-22(16-4-10-25-11-5-16)13-17-3-7-20-23(17)18/h3,7,16,18H,1-2,4-6,8-15H2. The van der Waals surface area contributed by atoms with Gasteiger partial charge in [0.15, 0.2) is 0 Å². The number of amides is 1. The third-order valence-electron chi connectivity index (χ3n) is 5.90. The van der Waals surface area contributed by atoms with E-state index in [1.807, 2.05) is 11.1 Å². The van der Waals surface area contributed by atoms with Crippen molar-refractivity contribution in [2.75, 3.05) is 46.1 Å². The van der Waals surface area contributed by atoms with Gasteiger partial charge in [-0.1, -0.05) is 0 Å². The van der Waals surface area contributed by atoms with E-state index in [0.717, 1.165) is 71.5 Å². The topological polar surface area (TPSA) is 59.8 Å². The number of nitrogens with zero attached hydrogens (tertiary/aromatic N) is 4. The van der Waals surface area contributed by atoms with Gasteiger partial charge in [-0.15, -0.1) is 0 Å². The van der Waals surface area contributed by atoms with Gasteiger partial charge in [0, 0.05) is 58.2 Å². The van der Waals surface area contributed by atoms with E-state index < -0.39 is 0 Å². The minimum absolute atomic E-state index is 0.134. The van der Waals surface area contributed by atoms with Crippen molar-refractivity contribution in [3.63, 3.8) is 0 Å². The van der Waals surface area contributed by atoms with Crippen LogP contribution >= 0.6 is 0 Å². The molecule has 4 rings (SSSR count). The summed E-state index contributed by atoms with van der Waals surface area (Å²) in [5, 5.41) is 4.53. The third kappa shape index (κ3) is 4.10. The first-order valence-corrected chi connectivity index (χ1v) is 10.0. The average Bonchev–Trinajstić information content (AvgIpc) is 3.37. The summed E-state index contributed by atoms with van der Waals surface area (Å²) < 4.78 is 13.4. The van der Waals surface area contributed by atoms with Gasteiger partial charge >= 0.3 is 0 Å². The number of hydrogen-bond donors (Lipinski definition) is 0. The number of carbonyl (C=O) groups excluding carboxylic acids is 1. The largest absolute Gasteiger partial charge is 0.381 e. The summed E-state index contributed by atoms with van der Waals surface area (Å²) in [5.41, 5.74) is 1.28. The Morgan fingerprint density at radius 3 is 2.88 bits per heavy atom. The van der Waals surface area contributed by atoms with E-state index in [1.54, 1.807) is 0 Å². The molecule has 0 radical (unpaired) electrons. The van der Waals surface area contributed by atoms with Gasteiger partial charge in [-0.05, 0) is 38.2 Å². The first-order chi connectivity index (χ1) is 12.8. The molecule has 0 N–H and O–H groups in total. The smallest absolute Gasteiger partial charge is 0.248 e. The Kier molecular flexibility index (Phi) is 5.87. The number of hydrogen-bond acceptors (Lipinski definition) is 5. The fraction of sp³-hybridized carbons (Fsp3) is 0.789. The fourth-order valence-electron chi connectivity index (χ4n) is 4.40. The highest BCUT2D eigenvalue weighted by Crippen LogP contribution is 2.27. The van der Waals surface area contributed by atoms with E-state index in [4.69, 9.17) is 9.47 Å². The maximum Gasteiger partial charge on any atom is 0.248 e. The molecule has 7 nitrogen and oxygen atoms in total. The molecule has 4 heterocycles. The van der Waals surface area contributed by atoms with Crippen molar-refractivity contribution in [1.82, 2.24) is 19.6 Å². The number of likely N-dealkylation sites (tertiary alicyclic amines) is 1. The maximum atomic E-state index is 12.1. The van der Waals surface area contributed by atoms with Crippen LogP contribution in [-0.4, -0.2) is 77.6 Å². The zero-order valence-corrected chi connectivity index (χ0v) is 15.5. The Balaban J connectivity index is 1.28. The van der Waals surface area contributed by atoms with Gasteiger partial charge in [-0.3, -0.25) is 14.4 Å². The van der Waals surface area contributed by atoms with Gasteiger partial charge in [0.2, 0.25) is 5.91 Å². The second-order valence-electron chi connectivity index (χ2n) is 7.62. The highest BCUT2D eigenvalue weighted by atomic mass is 16.5. The van der Waals surface area contributed by atoms with Crippen molar-refractivity contribution in [2.24, 2.45) is 0 Å². The predicted molar refractivity (Wildman–Crippen MR) is 96.8 cm³/mol. The quantitative estimate of drug-likeness (QED) is 0.717. The lowest BCUT2D eigenvalue weighted by Gasteiger charge is -2.40. The molecule has 1 aromatic heterocycles. The van der Waals surface area contributed by atoms with E-state index in [9.17, 15) is 4.79 Å². The second kappa shape index (κ2) is 8.50. The summed E-state index contributed by atoms with van der Waals surface area (Å²) >= 11 is 0. The van der Waals surface area contributed by atoms with Crippen LogP contribution in [0.1, 0.15) is 43.8 Å². The predicted octanol–water partition coefficient (Wildman–Crippen LogP) is 1.45. The molecule has 0 aliphatic carbocycles. The van der Waals surface area contributed by atoms with Crippen molar-refractivity contribution in [1.29, 1.82) is 0 Å². The van der Waals surface area contributed by atoms with Gasteiger partial charge in [0.05, 0.1) is 11.7 Å². The first-order valence-electron chi connectivity index (χ1n) is 10.0. The molecule has 7 heteroatoms. The third-order valence-corrected chi connectivity index (χ3v) is 5.90. The molecule has 3 aliphatic rings. The van der Waals surface area contributed by atoms with Crippen LogP contribution in [0.3, 0.4) is 0 Å². The van der Waals surface area contributed by atoms with Crippen LogP contribution in [0, 0.1) is 0 Å². The first kappa shape index (κ1) is 17.9. The Morgan fingerprint density at radius 1 is 1.27 bits per heavy atom. The minimum Gasteiger partial charge on any atom is -0.381 e. The molecule has 3 aliphatic heterocycles. The highest BCUT2D eigenvalue weighted by molar-refractivity contribution is 5.77. The Morgan fingerprint density at radius 2 is 2.08 bits per heavy atom. The van der Waals surface area contributed by atoms with Crippen LogP contribution in [0.15, 0.2) is 12.3 Å². The van der Waals surface area contributed by atoms with E-state index in [1.165, 1.54) is 5.69 Å². The molecule has 0 aromatic carbocycles. The fourth-order valence-corrected chi connectivity index (χ4v) is 4.40. The number of rotatable bonds is 6. The SMILES string of the molecule is O=C(COCCC1CN(C2CCOCC2)Cc2ccnn21)N1CCCC1. The van der Waals surface area contributed by atoms with E-state index in [2.05, 4.69) is 20.7 Å². The molecule has 1 amide bonds. The number of carbonyl (C=O) groups is 1.